The van der Waals surface area contributed by atoms with E-state index in [1.54, 1.807) is 0 Å². The van der Waals surface area contributed by atoms with Crippen LogP contribution in [0.3, 0.4) is 0 Å². The summed E-state index contributed by atoms with van der Waals surface area (Å²) in [6.07, 6.45) is 0. The Kier molecular flexibility index (Phi) is 3.78. The molecule has 0 spiro atoms. The summed E-state index contributed by atoms with van der Waals surface area (Å²) in [6, 6.07) is 39.4. The van der Waals surface area contributed by atoms with Gasteiger partial charge in [-0.05, 0) is 40.5 Å². The van der Waals surface area contributed by atoms with Gasteiger partial charge in [-0.2, -0.15) is 0 Å². The van der Waals surface area contributed by atoms with Crippen molar-refractivity contribution in [2.24, 2.45) is 0 Å². The number of para-hydroxylation sites is 1. The Bertz CT molecular complexity index is 1750. The predicted molar refractivity (Wildman–Crippen MR) is 140 cm³/mol. The molecule has 7 aromatic rings. The van der Waals surface area contributed by atoms with Gasteiger partial charge in [0, 0.05) is 31.8 Å². The predicted octanol–water partition coefficient (Wildman–Crippen LogP) is 9.02. The molecule has 5 aromatic carbocycles. The molecule has 0 unspecified atom stereocenters. The number of aromatic amines is 1. The van der Waals surface area contributed by atoms with Crippen LogP contribution >= 0.6 is 11.3 Å². The third-order valence-electron chi connectivity index (χ3n) is 6.44. The number of benzene rings is 5. The highest BCUT2D eigenvalue weighted by Crippen LogP contribution is 2.41. The Morgan fingerprint density at radius 3 is 1.97 bits per heavy atom. The lowest BCUT2D eigenvalue weighted by Crippen LogP contribution is -1.80. The number of hydrogen-bond donors (Lipinski definition) is 1. The first-order valence-electron chi connectivity index (χ1n) is 10.9. The molecule has 2 aromatic heterocycles. The number of nitrogens with one attached hydrogen (secondary N) is 1. The summed E-state index contributed by atoms with van der Waals surface area (Å²) >= 11 is 1.88. The Labute approximate surface area is 189 Å². The van der Waals surface area contributed by atoms with Gasteiger partial charge in [-0.3, -0.25) is 0 Å². The summed E-state index contributed by atoms with van der Waals surface area (Å²) in [7, 11) is 0. The first-order valence-corrected chi connectivity index (χ1v) is 11.7. The number of H-pyrrole nitrogens is 1. The number of fused-ring (bicyclic) bond motifs is 7. The van der Waals surface area contributed by atoms with E-state index in [0.29, 0.717) is 0 Å². The monoisotopic (exact) mass is 425 g/mol. The van der Waals surface area contributed by atoms with Gasteiger partial charge in [-0.1, -0.05) is 91.0 Å². The molecule has 0 atom stereocenters. The molecule has 1 N–H and O–H groups in total. The van der Waals surface area contributed by atoms with Gasteiger partial charge in [0.25, 0.3) is 0 Å². The maximum Gasteiger partial charge on any atom is 0.0646 e. The molecule has 2 heterocycles. The third kappa shape index (κ3) is 2.63. The number of thiophene rings is 1. The molecule has 0 bridgehead atoms. The average molecular weight is 426 g/mol. The maximum atomic E-state index is 3.66. The van der Waals surface area contributed by atoms with Crippen molar-refractivity contribution in [1.82, 2.24) is 4.98 Å². The topological polar surface area (TPSA) is 15.8 Å². The second-order valence-electron chi connectivity index (χ2n) is 8.29. The van der Waals surface area contributed by atoms with E-state index >= 15 is 0 Å². The van der Waals surface area contributed by atoms with Crippen molar-refractivity contribution in [3.8, 4) is 22.3 Å². The van der Waals surface area contributed by atoms with Crippen molar-refractivity contribution in [1.29, 1.82) is 0 Å². The molecule has 0 radical (unpaired) electrons. The van der Waals surface area contributed by atoms with E-state index in [-0.39, 0.29) is 0 Å². The Morgan fingerprint density at radius 1 is 0.469 bits per heavy atom. The van der Waals surface area contributed by atoms with Crippen molar-refractivity contribution in [3.05, 3.63) is 109 Å². The molecule has 0 saturated heterocycles. The highest BCUT2D eigenvalue weighted by Gasteiger charge is 2.13. The molecule has 7 rings (SSSR count). The van der Waals surface area contributed by atoms with Crippen LogP contribution < -0.4 is 0 Å². The Morgan fingerprint density at radius 2 is 1.12 bits per heavy atom. The van der Waals surface area contributed by atoms with Crippen LogP contribution in [0.25, 0.3) is 64.2 Å². The van der Waals surface area contributed by atoms with Crippen LogP contribution in [-0.2, 0) is 0 Å². The average Bonchev–Trinajstić information content (AvgIpc) is 3.43. The minimum absolute atomic E-state index is 1.20. The van der Waals surface area contributed by atoms with Gasteiger partial charge in [0.05, 0.1) is 10.2 Å². The van der Waals surface area contributed by atoms with Crippen LogP contribution in [0.15, 0.2) is 109 Å². The number of hydrogen-bond acceptors (Lipinski definition) is 1. The quantitative estimate of drug-likeness (QED) is 0.284. The molecule has 0 saturated carbocycles. The smallest absolute Gasteiger partial charge is 0.0646 e. The van der Waals surface area contributed by atoms with Gasteiger partial charge in [0.1, 0.15) is 0 Å². The van der Waals surface area contributed by atoms with E-state index in [2.05, 4.69) is 114 Å². The lowest BCUT2D eigenvalue weighted by molar-refractivity contribution is 1.57. The molecular formula is C30H19NS. The highest BCUT2D eigenvalue weighted by molar-refractivity contribution is 7.26. The van der Waals surface area contributed by atoms with Gasteiger partial charge in [0.2, 0.25) is 0 Å². The molecule has 0 aliphatic carbocycles. The van der Waals surface area contributed by atoms with E-state index in [1.165, 1.54) is 64.2 Å². The van der Waals surface area contributed by atoms with Crippen LogP contribution in [0, 0.1) is 0 Å². The molecule has 0 fully saturated rings. The normalized spacial score (nSPS) is 11.8. The summed E-state index contributed by atoms with van der Waals surface area (Å²) in [6.45, 7) is 0. The van der Waals surface area contributed by atoms with E-state index in [1.807, 2.05) is 11.3 Å². The van der Waals surface area contributed by atoms with E-state index in [4.69, 9.17) is 0 Å². The van der Waals surface area contributed by atoms with Gasteiger partial charge >= 0.3 is 0 Å². The minimum atomic E-state index is 1.20. The lowest BCUT2D eigenvalue weighted by Gasteiger charge is -2.05. The minimum Gasteiger partial charge on any atom is -0.353 e. The molecule has 0 aliphatic rings. The van der Waals surface area contributed by atoms with Crippen LogP contribution in [0.4, 0.5) is 0 Å². The fourth-order valence-corrected chi connectivity index (χ4v) is 6.00. The van der Waals surface area contributed by atoms with Gasteiger partial charge < -0.3 is 4.98 Å². The molecule has 2 heteroatoms. The van der Waals surface area contributed by atoms with E-state index in [0.717, 1.165) is 0 Å². The van der Waals surface area contributed by atoms with Crippen LogP contribution in [0.5, 0.6) is 0 Å². The highest BCUT2D eigenvalue weighted by atomic mass is 32.1. The zero-order valence-corrected chi connectivity index (χ0v) is 18.1. The largest absolute Gasteiger partial charge is 0.353 e. The van der Waals surface area contributed by atoms with Gasteiger partial charge in [-0.25, -0.2) is 0 Å². The summed E-state index contributed by atoms with van der Waals surface area (Å²) in [4.78, 5) is 3.66. The summed E-state index contributed by atoms with van der Waals surface area (Å²) in [5, 5.41) is 5.25. The summed E-state index contributed by atoms with van der Waals surface area (Å²) < 4.78 is 2.67. The van der Waals surface area contributed by atoms with E-state index in [9.17, 15) is 0 Å². The molecule has 0 aliphatic heterocycles. The van der Waals surface area contributed by atoms with E-state index < -0.39 is 0 Å². The first kappa shape index (κ1) is 17.8. The number of rotatable bonds is 2. The molecule has 150 valence electrons. The molecule has 0 amide bonds. The lowest BCUT2D eigenvalue weighted by atomic mass is 9.99. The molecule has 1 nitrogen and oxygen atoms in total. The van der Waals surface area contributed by atoms with Gasteiger partial charge in [0.15, 0.2) is 0 Å². The second-order valence-corrected chi connectivity index (χ2v) is 9.34. The molecule has 32 heavy (non-hydrogen) atoms. The molecular weight excluding hydrogens is 406 g/mol. The summed E-state index contributed by atoms with van der Waals surface area (Å²) in [5.41, 5.74) is 7.45. The van der Waals surface area contributed by atoms with Crippen molar-refractivity contribution in [3.63, 3.8) is 0 Å². The zero-order valence-electron chi connectivity index (χ0n) is 17.3. The van der Waals surface area contributed by atoms with Crippen molar-refractivity contribution in [2.75, 3.05) is 0 Å². The maximum absolute atomic E-state index is 3.66. The number of aromatic nitrogens is 1. The SMILES string of the molecule is c1ccc(-c2ccc(-c3ccc4sc5c(ccc6c7ccccc7[nH]c65)c4c3)cc2)cc1. The second kappa shape index (κ2) is 6.81. The van der Waals surface area contributed by atoms with Crippen molar-refractivity contribution < 1.29 is 0 Å². The Hall–Kier alpha value is -3.88. The van der Waals surface area contributed by atoms with Crippen LogP contribution in [0.1, 0.15) is 0 Å². The standard InChI is InChI=1S/C30H19NS/c1-2-6-19(7-3-1)20-10-12-21(13-11-20)22-14-17-28-26(18-22)25-16-15-24-23-8-4-5-9-27(23)31-29(24)30(25)32-28/h1-18,31H. The van der Waals surface area contributed by atoms with Crippen molar-refractivity contribution >= 4 is 53.3 Å². The fraction of sp³-hybridized carbons (Fsp3) is 0. The van der Waals surface area contributed by atoms with Crippen LogP contribution in [0.2, 0.25) is 0 Å². The third-order valence-corrected chi connectivity index (χ3v) is 7.65. The summed E-state index contributed by atoms with van der Waals surface area (Å²) in [5.74, 6) is 0. The first-order chi connectivity index (χ1) is 15.8. The van der Waals surface area contributed by atoms with Crippen molar-refractivity contribution in [2.45, 2.75) is 0 Å². The van der Waals surface area contributed by atoms with Gasteiger partial charge in [-0.15, -0.1) is 11.3 Å². The zero-order chi connectivity index (χ0) is 21.1. The Balaban J connectivity index is 1.38. The van der Waals surface area contributed by atoms with Crippen LogP contribution in [-0.4, -0.2) is 4.98 Å². The fourth-order valence-electron chi connectivity index (χ4n) is 4.82.